The third-order valence-corrected chi connectivity index (χ3v) is 7.47. The van der Waals surface area contributed by atoms with E-state index in [4.69, 9.17) is 11.6 Å². The summed E-state index contributed by atoms with van der Waals surface area (Å²) in [5.74, 6) is 0. The van der Waals surface area contributed by atoms with Crippen LogP contribution < -0.4 is 5.30 Å². The van der Waals surface area contributed by atoms with Crippen LogP contribution in [0.3, 0.4) is 0 Å². The number of nitriles is 1. The minimum absolute atomic E-state index is 0.488. The van der Waals surface area contributed by atoms with E-state index in [2.05, 4.69) is 35.2 Å². The van der Waals surface area contributed by atoms with E-state index in [-0.39, 0.29) is 0 Å². The molecular formula is C21H22ClN2P. The molecule has 2 aliphatic rings. The normalized spacial score (nSPS) is 23.7. The van der Waals surface area contributed by atoms with Crippen LogP contribution in [0, 0.1) is 11.3 Å². The second kappa shape index (κ2) is 7.46. The van der Waals surface area contributed by atoms with Crippen molar-refractivity contribution >= 4 is 25.5 Å². The second-order valence-corrected chi connectivity index (χ2v) is 8.88. The number of benzene rings is 2. The first-order chi connectivity index (χ1) is 12.3. The van der Waals surface area contributed by atoms with Crippen molar-refractivity contribution in [1.29, 1.82) is 5.26 Å². The molecule has 0 N–H and O–H groups in total. The maximum atomic E-state index is 9.51. The van der Waals surface area contributed by atoms with Gasteiger partial charge in [0.25, 0.3) is 0 Å². The lowest BCUT2D eigenvalue weighted by Gasteiger charge is -2.36. The van der Waals surface area contributed by atoms with Gasteiger partial charge in [-0.25, -0.2) is 0 Å². The van der Waals surface area contributed by atoms with Crippen LogP contribution in [0.25, 0.3) is 0 Å². The van der Waals surface area contributed by atoms with Crippen LogP contribution in [0.4, 0.5) is 0 Å². The molecule has 128 valence electrons. The van der Waals surface area contributed by atoms with Crippen molar-refractivity contribution in [3.05, 3.63) is 64.2 Å². The van der Waals surface area contributed by atoms with Gasteiger partial charge in [-0.15, -0.1) is 0 Å². The van der Waals surface area contributed by atoms with Crippen molar-refractivity contribution in [3.63, 3.8) is 0 Å². The van der Waals surface area contributed by atoms with Gasteiger partial charge in [0.05, 0.1) is 11.6 Å². The van der Waals surface area contributed by atoms with Crippen molar-refractivity contribution < 1.29 is 0 Å². The van der Waals surface area contributed by atoms with Gasteiger partial charge in [0, 0.05) is 16.7 Å². The van der Waals surface area contributed by atoms with Crippen molar-refractivity contribution in [3.8, 4) is 6.07 Å². The average molecular weight is 369 g/mol. The maximum Gasteiger partial charge on any atom is 0.0998 e. The molecule has 4 rings (SSSR count). The number of nitrogens with zero attached hydrogens (tertiary/aromatic N) is 2. The Labute approximate surface area is 156 Å². The third kappa shape index (κ3) is 3.47. The lowest BCUT2D eigenvalue weighted by molar-refractivity contribution is 0.165. The molecule has 2 unspecified atom stereocenters. The number of fused-ring (bicyclic) bond motifs is 1. The van der Waals surface area contributed by atoms with Gasteiger partial charge < -0.3 is 0 Å². The molecular weight excluding hydrogens is 347 g/mol. The summed E-state index contributed by atoms with van der Waals surface area (Å²) < 4.78 is 0. The minimum atomic E-state index is 0.488. The molecule has 1 aliphatic carbocycles. The number of hydrogen-bond acceptors (Lipinski definition) is 2. The Hall–Kier alpha value is -1.39. The minimum Gasteiger partial charge on any atom is -0.299 e. The topological polar surface area (TPSA) is 27.0 Å². The van der Waals surface area contributed by atoms with E-state index in [1.807, 2.05) is 12.1 Å². The number of halogens is 1. The van der Waals surface area contributed by atoms with Gasteiger partial charge in [-0.1, -0.05) is 56.9 Å². The highest BCUT2D eigenvalue weighted by molar-refractivity contribution is 7.47. The van der Waals surface area contributed by atoms with Crippen LogP contribution in [0.5, 0.6) is 0 Å². The zero-order valence-corrected chi connectivity index (χ0v) is 16.0. The Balaban J connectivity index is 1.67. The van der Waals surface area contributed by atoms with Gasteiger partial charge in [0.15, 0.2) is 0 Å². The molecule has 0 amide bonds. The predicted molar refractivity (Wildman–Crippen MR) is 106 cm³/mol. The van der Waals surface area contributed by atoms with Gasteiger partial charge in [0.1, 0.15) is 0 Å². The molecule has 2 aromatic carbocycles. The molecule has 0 spiro atoms. The summed E-state index contributed by atoms with van der Waals surface area (Å²) in [5.41, 5.74) is 4.19. The molecule has 0 radical (unpaired) electrons. The Kier molecular flexibility index (Phi) is 5.09. The molecule has 0 bridgehead atoms. The zero-order chi connectivity index (χ0) is 17.2. The van der Waals surface area contributed by atoms with Gasteiger partial charge in [-0.05, 0) is 60.9 Å². The lowest BCUT2D eigenvalue weighted by atomic mass is 10.1. The fourth-order valence-corrected chi connectivity index (χ4v) is 6.17. The Morgan fingerprint density at radius 2 is 1.88 bits per heavy atom. The summed E-state index contributed by atoms with van der Waals surface area (Å²) in [6.07, 6.45) is 5.13. The van der Waals surface area contributed by atoms with Crippen LogP contribution in [-0.2, 0) is 6.42 Å². The van der Waals surface area contributed by atoms with Crippen LogP contribution in [-0.4, -0.2) is 24.0 Å². The Morgan fingerprint density at radius 1 is 1.08 bits per heavy atom. The molecule has 1 saturated heterocycles. The fourth-order valence-electron chi connectivity index (χ4n) is 4.24. The highest BCUT2D eigenvalue weighted by Crippen LogP contribution is 2.47. The van der Waals surface area contributed by atoms with Gasteiger partial charge in [0.2, 0.25) is 0 Å². The highest BCUT2D eigenvalue weighted by atomic mass is 35.5. The molecule has 25 heavy (non-hydrogen) atoms. The molecule has 1 heterocycles. The van der Waals surface area contributed by atoms with E-state index >= 15 is 0 Å². The van der Waals surface area contributed by atoms with Crippen LogP contribution >= 0.6 is 20.2 Å². The van der Waals surface area contributed by atoms with E-state index in [1.165, 1.54) is 43.5 Å². The molecule has 1 aliphatic heterocycles. The van der Waals surface area contributed by atoms with E-state index in [0.29, 0.717) is 25.3 Å². The van der Waals surface area contributed by atoms with Crippen LogP contribution in [0.15, 0.2) is 42.5 Å². The lowest BCUT2D eigenvalue weighted by Crippen LogP contribution is -2.41. The van der Waals surface area contributed by atoms with Crippen molar-refractivity contribution in [2.45, 2.75) is 37.4 Å². The van der Waals surface area contributed by atoms with Crippen LogP contribution in [0.1, 0.15) is 41.6 Å². The molecule has 3 atom stereocenters. The summed E-state index contributed by atoms with van der Waals surface area (Å²) in [4.78, 5) is 2.70. The van der Waals surface area contributed by atoms with Crippen molar-refractivity contribution in [2.24, 2.45) is 0 Å². The SMILES string of the molecule is N#Cc1cc(Cl)ccc1PC1c2ccccc2C[C@H]1N1CCCCC1. The van der Waals surface area contributed by atoms with Crippen molar-refractivity contribution in [2.75, 3.05) is 13.1 Å². The van der Waals surface area contributed by atoms with Crippen LogP contribution in [0.2, 0.25) is 5.02 Å². The quantitative estimate of drug-likeness (QED) is 0.736. The number of likely N-dealkylation sites (tertiary alicyclic amines) is 1. The molecule has 1 fully saturated rings. The number of hydrogen-bond donors (Lipinski definition) is 0. The molecule has 0 aromatic heterocycles. The predicted octanol–water partition coefficient (Wildman–Crippen LogP) is 4.67. The number of rotatable bonds is 3. The maximum absolute atomic E-state index is 9.51. The third-order valence-electron chi connectivity index (χ3n) is 5.48. The standard InChI is InChI=1S/C21H22ClN2P/c22-17-8-9-20(16(12-17)14-23)25-21-18-7-3-2-6-15(18)13-19(21)24-10-4-1-5-11-24/h2-3,6-9,12,19,21,25H,1,4-5,10-11,13H2/t19-,21?/m1/s1. The first-order valence-electron chi connectivity index (χ1n) is 9.04. The Bertz CT molecular complexity index is 808. The largest absolute Gasteiger partial charge is 0.299 e. The van der Waals surface area contributed by atoms with Gasteiger partial charge in [-0.3, -0.25) is 4.90 Å². The summed E-state index contributed by atoms with van der Waals surface area (Å²) in [6, 6.07) is 17.6. The average Bonchev–Trinajstić information content (AvgIpc) is 3.02. The van der Waals surface area contributed by atoms with Gasteiger partial charge >= 0.3 is 0 Å². The van der Waals surface area contributed by atoms with E-state index in [0.717, 1.165) is 17.3 Å². The summed E-state index contributed by atoms with van der Waals surface area (Å²) in [7, 11) is 0.609. The fraction of sp³-hybridized carbons (Fsp3) is 0.381. The molecule has 4 heteroatoms. The molecule has 2 aromatic rings. The second-order valence-electron chi connectivity index (χ2n) is 6.99. The number of piperidine rings is 1. The zero-order valence-electron chi connectivity index (χ0n) is 14.2. The van der Waals surface area contributed by atoms with Crippen molar-refractivity contribution in [1.82, 2.24) is 4.90 Å². The van der Waals surface area contributed by atoms with E-state index in [9.17, 15) is 5.26 Å². The monoisotopic (exact) mass is 368 g/mol. The summed E-state index contributed by atoms with van der Waals surface area (Å²) in [6.45, 7) is 2.43. The van der Waals surface area contributed by atoms with E-state index in [1.54, 1.807) is 6.07 Å². The summed E-state index contributed by atoms with van der Waals surface area (Å²) in [5, 5.41) is 11.3. The summed E-state index contributed by atoms with van der Waals surface area (Å²) >= 11 is 6.09. The molecule has 0 saturated carbocycles. The van der Waals surface area contributed by atoms with Gasteiger partial charge in [-0.2, -0.15) is 5.26 Å². The smallest absolute Gasteiger partial charge is 0.0998 e. The van der Waals surface area contributed by atoms with E-state index < -0.39 is 0 Å². The Morgan fingerprint density at radius 3 is 2.68 bits per heavy atom. The molecule has 2 nitrogen and oxygen atoms in total. The first-order valence-corrected chi connectivity index (χ1v) is 10.5. The first kappa shape index (κ1) is 17.0. The highest BCUT2D eigenvalue weighted by Gasteiger charge is 2.36.